The molecule has 1 aromatic carbocycles. The van der Waals surface area contributed by atoms with E-state index in [0.717, 1.165) is 19.3 Å². The van der Waals surface area contributed by atoms with Crippen molar-refractivity contribution in [1.82, 2.24) is 0 Å². The van der Waals surface area contributed by atoms with Gasteiger partial charge in [0.25, 0.3) is 0 Å². The van der Waals surface area contributed by atoms with Crippen molar-refractivity contribution in [1.29, 1.82) is 0 Å². The third-order valence-electron chi connectivity index (χ3n) is 5.15. The third-order valence-corrected chi connectivity index (χ3v) is 5.15. The van der Waals surface area contributed by atoms with Gasteiger partial charge in [-0.05, 0) is 25.0 Å². The highest BCUT2D eigenvalue weighted by molar-refractivity contribution is 5.89. The first kappa shape index (κ1) is 22.8. The molecule has 0 unspecified atom stereocenters. The lowest BCUT2D eigenvalue weighted by atomic mass is 10.0. The van der Waals surface area contributed by atoms with Crippen molar-refractivity contribution in [2.45, 2.75) is 77.9 Å². The molecule has 0 aliphatic carbocycles. The summed E-state index contributed by atoms with van der Waals surface area (Å²) in [5.74, 6) is -0.619. The van der Waals surface area contributed by atoms with Crippen LogP contribution in [0, 0.1) is 11.7 Å². The van der Waals surface area contributed by atoms with Crippen molar-refractivity contribution in [2.24, 2.45) is 5.92 Å². The molecule has 158 valence electrons. The van der Waals surface area contributed by atoms with Crippen LogP contribution in [0.2, 0.25) is 0 Å². The molecule has 0 atom stereocenters. The maximum absolute atomic E-state index is 14.5. The molecule has 0 saturated carbocycles. The van der Waals surface area contributed by atoms with Gasteiger partial charge in [-0.15, -0.1) is 0 Å². The molecule has 0 radical (unpaired) electrons. The lowest BCUT2D eigenvalue weighted by Crippen LogP contribution is -2.27. The molecule has 0 amide bonds. The minimum absolute atomic E-state index is 0.217. The first-order valence-electron chi connectivity index (χ1n) is 10.9. The molecule has 0 N–H and O–H groups in total. The van der Waals surface area contributed by atoms with E-state index in [-0.39, 0.29) is 5.56 Å². The molecule has 1 aliphatic heterocycles. The second kappa shape index (κ2) is 12.9. The zero-order chi connectivity index (χ0) is 20.2. The second-order valence-corrected chi connectivity index (χ2v) is 7.65. The van der Waals surface area contributed by atoms with E-state index in [1.54, 1.807) is 12.1 Å². The van der Waals surface area contributed by atoms with Crippen LogP contribution in [0.5, 0.6) is 0 Å². The highest BCUT2D eigenvalue weighted by atomic mass is 19.1. The normalized spacial score (nSPS) is 19.5. The predicted octanol–water partition coefficient (Wildman–Crippen LogP) is 6.19. The summed E-state index contributed by atoms with van der Waals surface area (Å²) >= 11 is 0. The number of halogens is 1. The maximum atomic E-state index is 14.5. The maximum Gasteiger partial charge on any atom is 0.338 e. The van der Waals surface area contributed by atoms with Crippen LogP contribution in [0.1, 0.15) is 93.8 Å². The molecule has 2 rings (SSSR count). The van der Waals surface area contributed by atoms with Crippen LogP contribution >= 0.6 is 0 Å². The van der Waals surface area contributed by atoms with Gasteiger partial charge in [-0.25, -0.2) is 9.18 Å². The first-order valence-corrected chi connectivity index (χ1v) is 10.9. The van der Waals surface area contributed by atoms with Crippen LogP contribution in [0.25, 0.3) is 0 Å². The molecule has 0 aromatic heterocycles. The van der Waals surface area contributed by atoms with E-state index in [2.05, 4.69) is 6.92 Å². The van der Waals surface area contributed by atoms with Crippen molar-refractivity contribution in [3.8, 4) is 0 Å². The van der Waals surface area contributed by atoms with Gasteiger partial charge in [0.2, 0.25) is 0 Å². The lowest BCUT2D eigenvalue weighted by molar-refractivity contribution is -0.207. The lowest BCUT2D eigenvalue weighted by Gasteiger charge is -2.30. The van der Waals surface area contributed by atoms with E-state index in [9.17, 15) is 9.18 Å². The highest BCUT2D eigenvalue weighted by Gasteiger charge is 2.26. The van der Waals surface area contributed by atoms with Crippen molar-refractivity contribution in [3.05, 3.63) is 35.1 Å². The van der Waals surface area contributed by atoms with Crippen LogP contribution in [0.4, 0.5) is 4.39 Å². The standard InChI is InChI=1S/C23H35FO4/c1-3-5-7-8-9-10-11-18-16-27-23(28-17-18)20-13-12-19(15-21(20)24)22(25)26-14-6-4-2/h12-13,15,18,23H,3-11,14,16-17H2,1-2H3. The molecule has 0 bridgehead atoms. The Bertz CT molecular complexity index is 582. The van der Waals surface area contributed by atoms with Gasteiger partial charge in [0, 0.05) is 11.5 Å². The van der Waals surface area contributed by atoms with E-state index < -0.39 is 18.1 Å². The van der Waals surface area contributed by atoms with Gasteiger partial charge in [-0.3, -0.25) is 0 Å². The average Bonchev–Trinajstić information content (AvgIpc) is 2.71. The van der Waals surface area contributed by atoms with E-state index in [1.807, 2.05) is 6.92 Å². The summed E-state index contributed by atoms with van der Waals surface area (Å²) in [6, 6.07) is 4.34. The second-order valence-electron chi connectivity index (χ2n) is 7.65. The SMILES string of the molecule is CCCCCCCCC1COC(c2ccc(C(=O)OCCCC)cc2F)OC1. The summed E-state index contributed by atoms with van der Waals surface area (Å²) in [6.45, 7) is 5.76. The highest BCUT2D eigenvalue weighted by Crippen LogP contribution is 2.29. The van der Waals surface area contributed by atoms with E-state index in [1.165, 1.54) is 44.6 Å². The Balaban J connectivity index is 1.75. The molecule has 0 spiro atoms. The molecule has 4 nitrogen and oxygen atoms in total. The minimum Gasteiger partial charge on any atom is -0.462 e. The topological polar surface area (TPSA) is 44.8 Å². The van der Waals surface area contributed by atoms with Gasteiger partial charge >= 0.3 is 5.97 Å². The van der Waals surface area contributed by atoms with Crippen LogP contribution in [-0.2, 0) is 14.2 Å². The summed E-state index contributed by atoms with van der Waals surface area (Å²) in [5.41, 5.74) is 0.553. The van der Waals surface area contributed by atoms with Crippen LogP contribution < -0.4 is 0 Å². The van der Waals surface area contributed by atoms with Crippen LogP contribution in [0.15, 0.2) is 18.2 Å². The van der Waals surface area contributed by atoms with Crippen LogP contribution in [-0.4, -0.2) is 25.8 Å². The Labute approximate surface area is 168 Å². The van der Waals surface area contributed by atoms with Crippen molar-refractivity contribution < 1.29 is 23.4 Å². The van der Waals surface area contributed by atoms with Gasteiger partial charge in [0.05, 0.1) is 25.4 Å². The Hall–Kier alpha value is -1.46. The molecule has 1 heterocycles. The molecule has 1 saturated heterocycles. The van der Waals surface area contributed by atoms with E-state index in [4.69, 9.17) is 14.2 Å². The monoisotopic (exact) mass is 394 g/mol. The quantitative estimate of drug-likeness (QED) is 0.313. The van der Waals surface area contributed by atoms with Gasteiger partial charge in [-0.2, -0.15) is 0 Å². The van der Waals surface area contributed by atoms with Gasteiger partial charge in [0.15, 0.2) is 6.29 Å². The predicted molar refractivity (Wildman–Crippen MR) is 108 cm³/mol. The fraction of sp³-hybridized carbons (Fsp3) is 0.696. The zero-order valence-corrected chi connectivity index (χ0v) is 17.4. The van der Waals surface area contributed by atoms with Crippen molar-refractivity contribution in [2.75, 3.05) is 19.8 Å². The third kappa shape index (κ3) is 7.51. The molecule has 1 aliphatic rings. The molecule has 5 heteroatoms. The molecular weight excluding hydrogens is 359 g/mol. The van der Waals surface area contributed by atoms with Gasteiger partial charge in [0.1, 0.15) is 5.82 Å². The molecule has 1 fully saturated rings. The van der Waals surface area contributed by atoms with E-state index in [0.29, 0.717) is 31.3 Å². The summed E-state index contributed by atoms with van der Waals surface area (Å²) < 4.78 is 31.1. The summed E-state index contributed by atoms with van der Waals surface area (Å²) in [5, 5.41) is 0. The molecule has 28 heavy (non-hydrogen) atoms. The number of unbranched alkanes of at least 4 members (excludes halogenated alkanes) is 6. The number of benzene rings is 1. The fourth-order valence-electron chi connectivity index (χ4n) is 3.34. The average molecular weight is 395 g/mol. The minimum atomic E-state index is -0.703. The molecular formula is C23H35FO4. The number of rotatable bonds is 12. The van der Waals surface area contributed by atoms with Gasteiger partial charge in [-0.1, -0.05) is 64.9 Å². The van der Waals surface area contributed by atoms with Crippen LogP contribution in [0.3, 0.4) is 0 Å². The Morgan fingerprint density at radius 3 is 2.39 bits per heavy atom. The number of carbonyl (C=O) groups excluding carboxylic acids is 1. The largest absolute Gasteiger partial charge is 0.462 e. The summed E-state index contributed by atoms with van der Waals surface area (Å²) in [4.78, 5) is 11.9. The smallest absolute Gasteiger partial charge is 0.338 e. The van der Waals surface area contributed by atoms with E-state index >= 15 is 0 Å². The summed E-state index contributed by atoms with van der Waals surface area (Å²) in [6.07, 6.45) is 9.77. The number of ether oxygens (including phenoxy) is 3. The first-order chi connectivity index (χ1) is 13.7. The number of hydrogen-bond donors (Lipinski definition) is 0. The summed E-state index contributed by atoms with van der Waals surface area (Å²) in [7, 11) is 0. The number of hydrogen-bond acceptors (Lipinski definition) is 4. The number of carbonyl (C=O) groups is 1. The number of esters is 1. The Morgan fingerprint density at radius 1 is 1.04 bits per heavy atom. The van der Waals surface area contributed by atoms with Crippen molar-refractivity contribution in [3.63, 3.8) is 0 Å². The zero-order valence-electron chi connectivity index (χ0n) is 17.4. The Kier molecular flexibility index (Phi) is 10.5. The van der Waals surface area contributed by atoms with Gasteiger partial charge < -0.3 is 14.2 Å². The molecule has 1 aromatic rings. The Morgan fingerprint density at radius 2 is 1.71 bits per heavy atom. The van der Waals surface area contributed by atoms with Crippen molar-refractivity contribution >= 4 is 5.97 Å². The fourth-order valence-corrected chi connectivity index (χ4v) is 3.34.